The van der Waals surface area contributed by atoms with E-state index in [0.29, 0.717) is 0 Å². The molecule has 0 saturated heterocycles. The molecule has 0 rings (SSSR count). The Kier molecular flexibility index (Phi) is 18.1. The molecule has 2 N–H and O–H groups in total. The molecule has 0 spiro atoms. The molecule has 0 bridgehead atoms. The van der Waals surface area contributed by atoms with E-state index in [2.05, 4.69) is 0 Å². The van der Waals surface area contributed by atoms with Crippen molar-refractivity contribution in [3.8, 4) is 0 Å². The average Bonchev–Trinajstić information content (AvgIpc) is 1.84. The standard InChI is InChI=1S/Al.BO.Mg.OSi.H2O.2O.Zn.2H/c;1-2;;1-2;;;;;;/h;;;;1H2;;;;;/q;+1;;;;;;-1;;. The van der Waals surface area contributed by atoms with Crippen LogP contribution in [0.4, 0.5) is 0 Å². The third-order valence-electron chi connectivity index (χ3n) is 0.626. The summed E-state index contributed by atoms with van der Waals surface area (Å²) in [5.74, 6) is 0. The van der Waals surface area contributed by atoms with Crippen molar-refractivity contribution in [3.63, 3.8) is 0 Å². The number of hydrogen-bond acceptors (Lipinski definition) is 4. The molecule has 0 heterocycles. The number of hydrogen-bond donors (Lipinski definition) is 0. The van der Waals surface area contributed by atoms with Crippen LogP contribution >= 0.6 is 0 Å². The van der Waals surface area contributed by atoms with Crippen LogP contribution in [0.3, 0.4) is 0 Å². The summed E-state index contributed by atoms with van der Waals surface area (Å²) in [4.78, 5) is 0. The molecule has 0 aliphatic carbocycles. The van der Waals surface area contributed by atoms with Crippen molar-refractivity contribution >= 4 is 48.7 Å². The molecule has 0 radical (unpaired) electrons. The molecule has 0 saturated carbocycles. The second kappa shape index (κ2) is 10.4. The largest absolute Gasteiger partial charge is 0.316 e. The first kappa shape index (κ1) is 17.4. The summed E-state index contributed by atoms with van der Waals surface area (Å²) >= 11 is -4.99. The Hall–Kier alpha value is 1.36. The van der Waals surface area contributed by atoms with E-state index in [-0.39, 0.29) is 34.2 Å². The van der Waals surface area contributed by atoms with Gasteiger partial charge in [-0.1, -0.05) is 0 Å². The summed E-state index contributed by atoms with van der Waals surface area (Å²) in [7, 11) is 0. The molecular weight excluding hydrogens is 236 g/mol. The van der Waals surface area contributed by atoms with Crippen LogP contribution in [-0.2, 0) is 31.6 Å². The molecule has 0 aliphatic heterocycles. The maximum atomic E-state index is 10.2. The van der Waals surface area contributed by atoms with E-state index in [9.17, 15) is 16.5 Å². The fourth-order valence-corrected chi connectivity index (χ4v) is 6.62. The van der Waals surface area contributed by atoms with Gasteiger partial charge in [0, 0.05) is 0 Å². The van der Waals surface area contributed by atoms with Crippen molar-refractivity contribution in [1.82, 2.24) is 0 Å². The molecule has 0 aromatic rings. The molecule has 10 heteroatoms. The van der Waals surface area contributed by atoms with Gasteiger partial charge in [-0.2, -0.15) is 0 Å². The summed E-state index contributed by atoms with van der Waals surface area (Å²) in [6, 6.07) is 0. The third-order valence-corrected chi connectivity index (χ3v) is 17.6. The summed E-state index contributed by atoms with van der Waals surface area (Å²) in [6.07, 6.45) is 0. The molecule has 5 nitrogen and oxygen atoms in total. The molecule has 0 aliphatic rings. The van der Waals surface area contributed by atoms with Gasteiger partial charge in [-0.05, 0) is 0 Å². The fourth-order valence-electron chi connectivity index (χ4n) is 0.164. The predicted octanol–water partition coefficient (Wildman–Crippen LogP) is -3.36. The van der Waals surface area contributed by atoms with Gasteiger partial charge >= 0.3 is 80.2 Å². The molecule has 0 amide bonds. The molecule has 10 heavy (non-hydrogen) atoms. The van der Waals surface area contributed by atoms with Crippen LogP contribution in [0.1, 0.15) is 0 Å². The first-order chi connectivity index (χ1) is 3.72. The maximum Gasteiger partial charge on any atom is 0.316 e. The monoisotopic (exact) mass is 238 g/mol. The smallest absolute Gasteiger partial charge is 0.316 e. The van der Waals surface area contributed by atoms with E-state index in [1.165, 1.54) is 0 Å². The van der Waals surface area contributed by atoms with Gasteiger partial charge in [0.2, 0.25) is 0 Å². The first-order valence-corrected chi connectivity index (χ1v) is 13.3. The summed E-state index contributed by atoms with van der Waals surface area (Å²) in [6.45, 7) is 0. The Labute approximate surface area is 84.9 Å². The normalized spacial score (nSPS) is 4.30. The van der Waals surface area contributed by atoms with Crippen molar-refractivity contribution in [2.24, 2.45) is 0 Å². The van der Waals surface area contributed by atoms with Gasteiger partial charge in [0.05, 0.1) is 0 Å². The topological polar surface area (TPSA) is 99.8 Å². The summed E-state index contributed by atoms with van der Waals surface area (Å²) in [5.41, 5.74) is -2.17. The van der Waals surface area contributed by atoms with Crippen LogP contribution in [-0.4, -0.2) is 54.1 Å². The van der Waals surface area contributed by atoms with Gasteiger partial charge < -0.3 is 5.48 Å². The minimum atomic E-state index is -3.53. The van der Waals surface area contributed by atoms with E-state index < -0.39 is 35.0 Å². The molecule has 0 aromatic heterocycles. The van der Waals surface area contributed by atoms with Crippen molar-refractivity contribution in [2.45, 2.75) is 0 Å². The second-order valence-corrected chi connectivity index (χ2v) is 21.1. The van der Waals surface area contributed by atoms with Crippen molar-refractivity contribution in [2.75, 3.05) is 0 Å². The van der Waals surface area contributed by atoms with Gasteiger partial charge in [0.25, 0.3) is 0 Å². The molecule has 0 atom stereocenters. The Morgan fingerprint density at radius 3 is 2.00 bits per heavy atom. The maximum absolute atomic E-state index is 10.2. The van der Waals surface area contributed by atoms with Crippen LogP contribution in [0.25, 0.3) is 0 Å². The minimum Gasteiger partial charge on any atom is 0.316 e. The van der Waals surface area contributed by atoms with Crippen molar-refractivity contribution in [3.05, 3.63) is 0 Å². The van der Waals surface area contributed by atoms with Crippen LogP contribution in [0.5, 0.6) is 0 Å². The fraction of sp³-hybridized carbons (Fsp3) is 0. The minimum absolute atomic E-state index is 0. The molecule has 0 aromatic carbocycles. The van der Waals surface area contributed by atoms with Gasteiger partial charge in [-0.3, -0.25) is 0 Å². The van der Waals surface area contributed by atoms with Gasteiger partial charge in [0.1, 0.15) is 0 Å². The second-order valence-electron chi connectivity index (χ2n) is 1.27. The van der Waals surface area contributed by atoms with Crippen LogP contribution in [0, 0.1) is 0 Å². The van der Waals surface area contributed by atoms with Gasteiger partial charge in [-0.25, -0.2) is 0 Å². The average molecular weight is 240 g/mol. The zero-order valence-electron chi connectivity index (χ0n) is 4.49. The summed E-state index contributed by atoms with van der Waals surface area (Å²) < 4.78 is 39.7. The van der Waals surface area contributed by atoms with E-state index in [0.717, 1.165) is 0 Å². The zero-order chi connectivity index (χ0) is 6.57. The van der Waals surface area contributed by atoms with E-state index in [1.807, 2.05) is 0 Å². The molecule has 48 valence electrons. The Morgan fingerprint density at radius 1 is 1.50 bits per heavy atom. The van der Waals surface area contributed by atoms with Crippen LogP contribution in [0.15, 0.2) is 0 Å². The quantitative estimate of drug-likeness (QED) is 0.480. The Bertz CT molecular complexity index is 142. The predicted molar refractivity (Wildman–Crippen MR) is 32.2 cm³/mol. The number of rotatable bonds is 3. The SMILES string of the molecule is O.O=[B][Zn](=[O])[Si](=O)[Al]=[O].[MgH2]. The van der Waals surface area contributed by atoms with Crippen LogP contribution in [0.2, 0.25) is 0 Å². The molecular formula is H4AlBMgO5SiZn. The summed E-state index contributed by atoms with van der Waals surface area (Å²) in [5, 5.41) is 0. The van der Waals surface area contributed by atoms with Crippen molar-refractivity contribution in [1.29, 1.82) is 0 Å². The van der Waals surface area contributed by atoms with E-state index >= 15 is 0 Å². The van der Waals surface area contributed by atoms with Gasteiger partial charge in [-0.15, -0.1) is 0 Å². The van der Waals surface area contributed by atoms with E-state index in [1.54, 1.807) is 0 Å². The van der Waals surface area contributed by atoms with Crippen molar-refractivity contribution < 1.29 is 37.0 Å². The first-order valence-electron chi connectivity index (χ1n) is 2.01. The molecule has 0 fully saturated rings. The van der Waals surface area contributed by atoms with Gasteiger partial charge in [0.15, 0.2) is 0 Å². The molecule has 0 unspecified atom stereocenters. The third kappa shape index (κ3) is 7.47. The Balaban J connectivity index is -0.000000245. The zero-order valence-corrected chi connectivity index (χ0v) is 9.62. The van der Waals surface area contributed by atoms with E-state index in [4.69, 9.17) is 0 Å². The Morgan fingerprint density at radius 2 is 1.90 bits per heavy atom. The van der Waals surface area contributed by atoms with Crippen LogP contribution < -0.4 is 0 Å².